The minimum absolute atomic E-state index is 0.0581. The Bertz CT molecular complexity index is 854. The number of Topliss-reactive ketones (excluding diaryl/α,β-unsaturated/α-hetero) is 1. The van der Waals surface area contributed by atoms with Gasteiger partial charge < -0.3 is 4.42 Å². The van der Waals surface area contributed by atoms with Crippen LogP contribution < -0.4 is 0 Å². The van der Waals surface area contributed by atoms with Gasteiger partial charge in [0.15, 0.2) is 5.78 Å². The van der Waals surface area contributed by atoms with E-state index in [-0.39, 0.29) is 11.0 Å². The molecule has 1 heterocycles. The number of hydrogen-bond donors (Lipinski definition) is 0. The molecule has 1 aromatic heterocycles. The zero-order valence-electron chi connectivity index (χ0n) is 14.5. The predicted octanol–water partition coefficient (Wildman–Crippen LogP) is 4.97. The highest BCUT2D eigenvalue weighted by Crippen LogP contribution is 2.28. The molecule has 0 saturated heterocycles. The fourth-order valence-electron chi connectivity index (χ4n) is 2.41. The fourth-order valence-corrected chi connectivity index (χ4v) is 3.17. The summed E-state index contributed by atoms with van der Waals surface area (Å²) in [6.07, 6.45) is 0.961. The molecule has 25 heavy (non-hydrogen) atoms. The zero-order valence-corrected chi connectivity index (χ0v) is 15.3. The van der Waals surface area contributed by atoms with Crippen LogP contribution >= 0.6 is 11.8 Å². The largest absolute Gasteiger partial charge is 0.411 e. The summed E-state index contributed by atoms with van der Waals surface area (Å²) in [6.45, 7) is 5.98. The van der Waals surface area contributed by atoms with Gasteiger partial charge in [-0.2, -0.15) is 0 Å². The molecule has 2 aromatic carbocycles. The minimum atomic E-state index is -0.293. The number of nitrogens with zero attached hydrogens (tertiary/aromatic N) is 2. The molecule has 1 atom stereocenters. The Kier molecular flexibility index (Phi) is 5.34. The number of aryl methyl sites for hydroxylation is 2. The molecule has 0 fully saturated rings. The second-order valence-electron chi connectivity index (χ2n) is 5.91. The molecule has 5 heteroatoms. The highest BCUT2D eigenvalue weighted by Gasteiger charge is 2.20. The van der Waals surface area contributed by atoms with Crippen LogP contribution in [0, 0.1) is 6.92 Å². The Morgan fingerprint density at radius 1 is 1.08 bits per heavy atom. The van der Waals surface area contributed by atoms with E-state index in [9.17, 15) is 4.79 Å². The van der Waals surface area contributed by atoms with Gasteiger partial charge in [-0.3, -0.25) is 4.79 Å². The number of ketones is 1. The van der Waals surface area contributed by atoms with Gasteiger partial charge in [0.1, 0.15) is 0 Å². The standard InChI is InChI=1S/C20H20N2O2S/c1-4-15-7-11-16(12-8-15)18(23)14(3)25-20-22-21-19(24-20)17-9-5-13(2)6-10-17/h5-12,14H,4H2,1-3H3. The maximum Gasteiger partial charge on any atom is 0.277 e. The number of thioether (sulfide) groups is 1. The van der Waals surface area contributed by atoms with Crippen molar-refractivity contribution in [2.75, 3.05) is 0 Å². The van der Waals surface area contributed by atoms with Crippen molar-refractivity contribution in [1.29, 1.82) is 0 Å². The number of hydrogen-bond acceptors (Lipinski definition) is 5. The summed E-state index contributed by atoms with van der Waals surface area (Å²) in [7, 11) is 0. The monoisotopic (exact) mass is 352 g/mol. The van der Waals surface area contributed by atoms with Gasteiger partial charge in [-0.25, -0.2) is 0 Å². The quantitative estimate of drug-likeness (QED) is 0.463. The normalized spacial score (nSPS) is 12.1. The van der Waals surface area contributed by atoms with Gasteiger partial charge in [-0.1, -0.05) is 60.6 Å². The maximum atomic E-state index is 12.6. The first-order valence-corrected chi connectivity index (χ1v) is 9.15. The summed E-state index contributed by atoms with van der Waals surface area (Å²) in [5.74, 6) is 0.525. The van der Waals surface area contributed by atoms with Gasteiger partial charge in [-0.05, 0) is 38.0 Å². The van der Waals surface area contributed by atoms with Crippen molar-refractivity contribution in [3.05, 3.63) is 65.2 Å². The van der Waals surface area contributed by atoms with Gasteiger partial charge >= 0.3 is 0 Å². The predicted molar refractivity (Wildman–Crippen MR) is 99.9 cm³/mol. The SMILES string of the molecule is CCc1ccc(C(=O)C(C)Sc2nnc(-c3ccc(C)cc3)o2)cc1. The van der Waals surface area contributed by atoms with E-state index in [0.29, 0.717) is 16.7 Å². The summed E-state index contributed by atoms with van der Waals surface area (Å²) in [6, 6.07) is 15.6. The number of rotatable bonds is 6. The summed E-state index contributed by atoms with van der Waals surface area (Å²) in [5.41, 5.74) is 3.97. The molecule has 0 aliphatic rings. The summed E-state index contributed by atoms with van der Waals surface area (Å²) >= 11 is 1.29. The Morgan fingerprint density at radius 2 is 1.76 bits per heavy atom. The molecule has 0 amide bonds. The molecule has 128 valence electrons. The molecule has 1 unspecified atom stereocenters. The summed E-state index contributed by atoms with van der Waals surface area (Å²) in [4.78, 5) is 12.6. The third-order valence-electron chi connectivity index (χ3n) is 4.00. The molecular formula is C20H20N2O2S. The third-order valence-corrected chi connectivity index (χ3v) is 4.93. The van der Waals surface area contributed by atoms with E-state index < -0.39 is 0 Å². The van der Waals surface area contributed by atoms with E-state index in [1.54, 1.807) is 0 Å². The average molecular weight is 352 g/mol. The van der Waals surface area contributed by atoms with Crippen molar-refractivity contribution in [2.24, 2.45) is 0 Å². The van der Waals surface area contributed by atoms with Crippen LogP contribution in [0.3, 0.4) is 0 Å². The number of carbonyl (C=O) groups excluding carboxylic acids is 1. The first-order valence-electron chi connectivity index (χ1n) is 8.27. The highest BCUT2D eigenvalue weighted by atomic mass is 32.2. The number of aromatic nitrogens is 2. The van der Waals surface area contributed by atoms with Gasteiger partial charge in [0, 0.05) is 11.1 Å². The van der Waals surface area contributed by atoms with Crippen molar-refractivity contribution < 1.29 is 9.21 Å². The van der Waals surface area contributed by atoms with Crippen LogP contribution in [0.5, 0.6) is 0 Å². The van der Waals surface area contributed by atoms with Crippen molar-refractivity contribution in [2.45, 2.75) is 37.7 Å². The average Bonchev–Trinajstić information content (AvgIpc) is 3.10. The molecule has 0 aliphatic carbocycles. The first-order chi connectivity index (χ1) is 12.1. The maximum absolute atomic E-state index is 12.6. The van der Waals surface area contributed by atoms with Gasteiger partial charge in [0.2, 0.25) is 5.89 Å². The summed E-state index contributed by atoms with van der Waals surface area (Å²) in [5, 5.41) is 8.24. The van der Waals surface area contributed by atoms with E-state index in [4.69, 9.17) is 4.42 Å². The van der Waals surface area contributed by atoms with E-state index in [1.165, 1.54) is 22.9 Å². The van der Waals surface area contributed by atoms with E-state index >= 15 is 0 Å². The Labute approximate surface area is 151 Å². The van der Waals surface area contributed by atoms with Crippen molar-refractivity contribution >= 4 is 17.5 Å². The van der Waals surface area contributed by atoms with E-state index in [0.717, 1.165) is 12.0 Å². The van der Waals surface area contributed by atoms with Crippen LogP contribution in [-0.4, -0.2) is 21.2 Å². The lowest BCUT2D eigenvalue weighted by Crippen LogP contribution is -2.13. The number of benzene rings is 2. The number of carbonyl (C=O) groups is 1. The molecule has 0 radical (unpaired) electrons. The molecule has 3 rings (SSSR count). The lowest BCUT2D eigenvalue weighted by molar-refractivity contribution is 0.0993. The fraction of sp³-hybridized carbons (Fsp3) is 0.250. The molecule has 0 bridgehead atoms. The molecule has 3 aromatic rings. The van der Waals surface area contributed by atoms with Crippen LogP contribution in [0.1, 0.15) is 35.3 Å². The van der Waals surface area contributed by atoms with Crippen LogP contribution in [0.25, 0.3) is 11.5 Å². The lowest BCUT2D eigenvalue weighted by atomic mass is 10.1. The van der Waals surface area contributed by atoms with Crippen molar-refractivity contribution in [3.8, 4) is 11.5 Å². The van der Waals surface area contributed by atoms with Crippen LogP contribution in [0.2, 0.25) is 0 Å². The molecule has 0 aliphatic heterocycles. The molecule has 0 N–H and O–H groups in total. The van der Waals surface area contributed by atoms with Crippen molar-refractivity contribution in [1.82, 2.24) is 10.2 Å². The van der Waals surface area contributed by atoms with Crippen molar-refractivity contribution in [3.63, 3.8) is 0 Å². The highest BCUT2D eigenvalue weighted by molar-refractivity contribution is 8.00. The second kappa shape index (κ2) is 7.66. The first kappa shape index (κ1) is 17.4. The van der Waals surface area contributed by atoms with Gasteiger partial charge in [0.05, 0.1) is 5.25 Å². The van der Waals surface area contributed by atoms with Crippen LogP contribution in [0.15, 0.2) is 58.2 Å². The smallest absolute Gasteiger partial charge is 0.277 e. The Hall–Kier alpha value is -2.40. The Morgan fingerprint density at radius 3 is 2.40 bits per heavy atom. The van der Waals surface area contributed by atoms with E-state index in [1.807, 2.05) is 62.4 Å². The van der Waals surface area contributed by atoms with Gasteiger partial charge in [-0.15, -0.1) is 10.2 Å². The molecule has 4 nitrogen and oxygen atoms in total. The Balaban J connectivity index is 1.69. The van der Waals surface area contributed by atoms with Gasteiger partial charge in [0.25, 0.3) is 5.22 Å². The second-order valence-corrected chi connectivity index (χ2v) is 7.21. The van der Waals surface area contributed by atoms with E-state index in [2.05, 4.69) is 17.1 Å². The topological polar surface area (TPSA) is 56.0 Å². The molecule has 0 spiro atoms. The molecular weight excluding hydrogens is 332 g/mol. The lowest BCUT2D eigenvalue weighted by Gasteiger charge is -2.08. The van der Waals surface area contributed by atoms with Crippen LogP contribution in [-0.2, 0) is 6.42 Å². The third kappa shape index (κ3) is 4.17. The van der Waals surface area contributed by atoms with Crippen LogP contribution in [0.4, 0.5) is 0 Å². The summed E-state index contributed by atoms with van der Waals surface area (Å²) < 4.78 is 5.69. The zero-order chi connectivity index (χ0) is 17.8. The minimum Gasteiger partial charge on any atom is -0.411 e. The molecule has 0 saturated carbocycles.